The Kier molecular flexibility index (Phi) is 4.46. The summed E-state index contributed by atoms with van der Waals surface area (Å²) in [4.78, 5) is 16.6. The average molecular weight is 285 g/mol. The summed E-state index contributed by atoms with van der Waals surface area (Å²) >= 11 is 0. The zero-order chi connectivity index (χ0) is 15.5. The van der Waals surface area contributed by atoms with E-state index in [9.17, 15) is 4.79 Å². The van der Waals surface area contributed by atoms with Crippen molar-refractivity contribution >= 4 is 5.82 Å². The van der Waals surface area contributed by atoms with Crippen molar-refractivity contribution in [1.82, 2.24) is 9.55 Å². The first-order chi connectivity index (χ1) is 9.88. The summed E-state index contributed by atoms with van der Waals surface area (Å²) < 4.78 is 1.71. The fourth-order valence-corrected chi connectivity index (χ4v) is 2.29. The van der Waals surface area contributed by atoms with E-state index < -0.39 is 0 Å². The highest BCUT2D eigenvalue weighted by Gasteiger charge is 2.17. The number of nitrogens with zero attached hydrogens (tertiary/aromatic N) is 2. The average Bonchev–Trinajstić information content (AvgIpc) is 2.41. The van der Waals surface area contributed by atoms with Crippen molar-refractivity contribution in [3.05, 3.63) is 58.6 Å². The van der Waals surface area contributed by atoms with Gasteiger partial charge in [-0.1, -0.05) is 30.3 Å². The number of rotatable bonds is 4. The van der Waals surface area contributed by atoms with E-state index >= 15 is 0 Å². The number of hydrogen-bond acceptors (Lipinski definition) is 3. The second-order valence-electron chi connectivity index (χ2n) is 6.36. The maximum Gasteiger partial charge on any atom is 0.293 e. The van der Waals surface area contributed by atoms with Gasteiger partial charge in [-0.2, -0.15) is 0 Å². The van der Waals surface area contributed by atoms with Crippen molar-refractivity contribution in [2.24, 2.45) is 0 Å². The van der Waals surface area contributed by atoms with Crippen LogP contribution in [0.25, 0.3) is 0 Å². The molecule has 0 radical (unpaired) electrons. The van der Waals surface area contributed by atoms with Crippen LogP contribution >= 0.6 is 0 Å². The van der Waals surface area contributed by atoms with Crippen LogP contribution in [0.3, 0.4) is 0 Å². The smallest absolute Gasteiger partial charge is 0.293 e. The zero-order valence-electron chi connectivity index (χ0n) is 13.1. The molecule has 1 aromatic heterocycles. The molecular weight excluding hydrogens is 262 g/mol. The van der Waals surface area contributed by atoms with Gasteiger partial charge in [-0.3, -0.25) is 4.79 Å². The predicted octanol–water partition coefficient (Wildman–Crippen LogP) is 3.04. The largest absolute Gasteiger partial charge is 0.363 e. The van der Waals surface area contributed by atoms with Gasteiger partial charge in [0.25, 0.3) is 5.56 Å². The molecule has 1 heterocycles. The molecule has 4 heteroatoms. The number of anilines is 1. The summed E-state index contributed by atoms with van der Waals surface area (Å²) in [5.74, 6) is 0.413. The summed E-state index contributed by atoms with van der Waals surface area (Å²) in [5.41, 5.74) is 0.911. The van der Waals surface area contributed by atoms with Gasteiger partial charge < -0.3 is 9.88 Å². The Morgan fingerprint density at radius 1 is 1.24 bits per heavy atom. The van der Waals surface area contributed by atoms with E-state index in [0.717, 1.165) is 6.42 Å². The quantitative estimate of drug-likeness (QED) is 0.939. The van der Waals surface area contributed by atoms with Crippen LogP contribution in [0, 0.1) is 0 Å². The van der Waals surface area contributed by atoms with Crippen LogP contribution in [-0.2, 0) is 12.0 Å². The van der Waals surface area contributed by atoms with Crippen LogP contribution in [-0.4, -0.2) is 15.6 Å². The van der Waals surface area contributed by atoms with Gasteiger partial charge in [-0.15, -0.1) is 0 Å². The first kappa shape index (κ1) is 15.3. The maximum atomic E-state index is 12.4. The maximum absolute atomic E-state index is 12.4. The molecule has 0 bridgehead atoms. The van der Waals surface area contributed by atoms with Crippen LogP contribution in [0.2, 0.25) is 0 Å². The molecule has 0 aliphatic rings. The second-order valence-corrected chi connectivity index (χ2v) is 6.36. The summed E-state index contributed by atoms with van der Waals surface area (Å²) in [6.07, 6.45) is 4.26. The molecule has 0 spiro atoms. The van der Waals surface area contributed by atoms with E-state index in [1.54, 1.807) is 17.0 Å². The lowest BCUT2D eigenvalue weighted by atomic mass is 10.1. The number of nitrogens with one attached hydrogen (secondary N) is 1. The summed E-state index contributed by atoms with van der Waals surface area (Å²) in [7, 11) is 0. The molecule has 1 aromatic carbocycles. The van der Waals surface area contributed by atoms with E-state index in [1.807, 2.05) is 39.0 Å². The van der Waals surface area contributed by atoms with Crippen molar-refractivity contribution in [2.75, 3.05) is 5.32 Å². The molecule has 21 heavy (non-hydrogen) atoms. The molecule has 4 nitrogen and oxygen atoms in total. The minimum atomic E-state index is -0.251. The molecule has 0 aliphatic carbocycles. The Bertz CT molecular complexity index is 641. The molecular formula is C17H23N3O. The summed E-state index contributed by atoms with van der Waals surface area (Å²) in [5, 5.41) is 3.23. The van der Waals surface area contributed by atoms with Gasteiger partial charge in [0.15, 0.2) is 5.82 Å². The number of hydrogen-bond donors (Lipinski definition) is 1. The minimum absolute atomic E-state index is 0.0788. The molecule has 2 rings (SSSR count). The molecule has 0 fully saturated rings. The highest BCUT2D eigenvalue weighted by Crippen LogP contribution is 2.11. The van der Waals surface area contributed by atoms with Gasteiger partial charge in [-0.05, 0) is 39.7 Å². The highest BCUT2D eigenvalue weighted by atomic mass is 16.1. The number of aromatic nitrogens is 2. The van der Waals surface area contributed by atoms with Gasteiger partial charge in [-0.25, -0.2) is 4.98 Å². The van der Waals surface area contributed by atoms with Crippen molar-refractivity contribution in [1.29, 1.82) is 0 Å². The number of benzene rings is 1. The summed E-state index contributed by atoms with van der Waals surface area (Å²) in [6, 6.07) is 10.4. The molecule has 1 N–H and O–H groups in total. The molecule has 0 aliphatic heterocycles. The van der Waals surface area contributed by atoms with Crippen molar-refractivity contribution in [3.8, 4) is 0 Å². The first-order valence-electron chi connectivity index (χ1n) is 7.26. The molecule has 0 saturated carbocycles. The molecule has 0 amide bonds. The van der Waals surface area contributed by atoms with Gasteiger partial charge in [0.2, 0.25) is 0 Å². The third-order valence-electron chi connectivity index (χ3n) is 3.33. The van der Waals surface area contributed by atoms with Crippen molar-refractivity contribution < 1.29 is 0 Å². The fourth-order valence-electron chi connectivity index (χ4n) is 2.29. The Morgan fingerprint density at radius 2 is 1.90 bits per heavy atom. The highest BCUT2D eigenvalue weighted by molar-refractivity contribution is 5.33. The van der Waals surface area contributed by atoms with Crippen molar-refractivity contribution in [2.45, 2.75) is 45.7 Å². The van der Waals surface area contributed by atoms with E-state index in [2.05, 4.69) is 29.4 Å². The standard InChI is InChI=1S/C17H23N3O/c1-13(12-14-8-6-5-7-9-14)19-15-16(21)20(11-10-18-15)17(2,3)4/h5-11,13H,12H2,1-4H3,(H,18,19). The topological polar surface area (TPSA) is 46.9 Å². The predicted molar refractivity (Wildman–Crippen MR) is 86.7 cm³/mol. The van der Waals surface area contributed by atoms with Crippen LogP contribution < -0.4 is 10.9 Å². The Morgan fingerprint density at radius 3 is 2.52 bits per heavy atom. The van der Waals surface area contributed by atoms with Crippen LogP contribution in [0.5, 0.6) is 0 Å². The molecule has 1 unspecified atom stereocenters. The second kappa shape index (κ2) is 6.12. The van der Waals surface area contributed by atoms with Gasteiger partial charge >= 0.3 is 0 Å². The Labute approximate surface area is 125 Å². The first-order valence-corrected chi connectivity index (χ1v) is 7.26. The molecule has 0 saturated heterocycles. The van der Waals surface area contributed by atoms with Gasteiger partial charge in [0, 0.05) is 24.0 Å². The monoisotopic (exact) mass is 285 g/mol. The molecule has 2 aromatic rings. The third-order valence-corrected chi connectivity index (χ3v) is 3.33. The lowest BCUT2D eigenvalue weighted by Gasteiger charge is -2.23. The summed E-state index contributed by atoms with van der Waals surface area (Å²) in [6.45, 7) is 8.07. The Hall–Kier alpha value is -2.10. The lowest BCUT2D eigenvalue weighted by molar-refractivity contribution is 0.383. The van der Waals surface area contributed by atoms with Crippen LogP contribution in [0.15, 0.2) is 47.5 Å². The Balaban J connectivity index is 2.15. The lowest BCUT2D eigenvalue weighted by Crippen LogP contribution is -2.36. The SMILES string of the molecule is CC(Cc1ccccc1)Nc1nccn(C(C)(C)C)c1=O. The van der Waals surface area contributed by atoms with Crippen LogP contribution in [0.1, 0.15) is 33.3 Å². The van der Waals surface area contributed by atoms with E-state index in [0.29, 0.717) is 5.82 Å². The van der Waals surface area contributed by atoms with E-state index in [-0.39, 0.29) is 17.1 Å². The van der Waals surface area contributed by atoms with Crippen LogP contribution in [0.4, 0.5) is 5.82 Å². The zero-order valence-corrected chi connectivity index (χ0v) is 13.1. The normalized spacial score (nSPS) is 13.0. The van der Waals surface area contributed by atoms with Crippen molar-refractivity contribution in [3.63, 3.8) is 0 Å². The fraction of sp³-hybridized carbons (Fsp3) is 0.412. The molecule has 1 atom stereocenters. The van der Waals surface area contributed by atoms with Gasteiger partial charge in [0.05, 0.1) is 0 Å². The van der Waals surface area contributed by atoms with Gasteiger partial charge in [0.1, 0.15) is 0 Å². The van der Waals surface area contributed by atoms with E-state index in [1.165, 1.54) is 5.56 Å². The van der Waals surface area contributed by atoms with E-state index in [4.69, 9.17) is 0 Å². The third kappa shape index (κ3) is 3.94. The minimum Gasteiger partial charge on any atom is -0.363 e. The molecule has 112 valence electrons.